The second-order valence-electron chi connectivity index (χ2n) is 3.73. The molecule has 0 aliphatic carbocycles. The van der Waals surface area contributed by atoms with Crippen LogP contribution in [0.1, 0.15) is 24.5 Å². The summed E-state index contributed by atoms with van der Waals surface area (Å²) in [6.45, 7) is 3.62. The summed E-state index contributed by atoms with van der Waals surface area (Å²) in [5.74, 6) is 0.421. The van der Waals surface area contributed by atoms with Gasteiger partial charge >= 0.3 is 0 Å². The van der Waals surface area contributed by atoms with Crippen LogP contribution in [0.4, 0.5) is 5.82 Å². The third-order valence-corrected chi connectivity index (χ3v) is 2.20. The van der Waals surface area contributed by atoms with Gasteiger partial charge in [0.05, 0.1) is 0 Å². The predicted molar refractivity (Wildman–Crippen MR) is 63.5 cm³/mol. The van der Waals surface area contributed by atoms with E-state index in [1.165, 1.54) is 0 Å². The van der Waals surface area contributed by atoms with E-state index in [1.807, 2.05) is 13.0 Å². The van der Waals surface area contributed by atoms with Crippen LogP contribution in [0.2, 0.25) is 0 Å². The number of aromatic amines is 1. The van der Waals surface area contributed by atoms with Gasteiger partial charge in [0, 0.05) is 23.4 Å². The fourth-order valence-corrected chi connectivity index (χ4v) is 1.20. The largest absolute Gasteiger partial charge is 0.385 e. The highest BCUT2D eigenvalue weighted by Crippen LogP contribution is 2.04. The third-order valence-electron chi connectivity index (χ3n) is 2.20. The predicted octanol–water partition coefficient (Wildman–Crippen LogP) is 1.02. The van der Waals surface area contributed by atoms with Gasteiger partial charge in [-0.25, -0.2) is 0 Å². The maximum Gasteiger partial charge on any atom is 0.193 e. The Hall–Kier alpha value is -1.55. The van der Waals surface area contributed by atoms with Crippen LogP contribution in [0.3, 0.4) is 0 Å². The summed E-state index contributed by atoms with van der Waals surface area (Å²) in [6, 6.07) is 0.107. The minimum atomic E-state index is -0.0350. The molecule has 0 saturated heterocycles. The molecule has 5 N–H and O–H groups in total. The molecule has 1 aromatic heterocycles. The summed E-state index contributed by atoms with van der Waals surface area (Å²) >= 11 is 0. The van der Waals surface area contributed by atoms with Gasteiger partial charge in [0.2, 0.25) is 0 Å². The zero-order valence-corrected chi connectivity index (χ0v) is 9.08. The smallest absolute Gasteiger partial charge is 0.193 e. The summed E-state index contributed by atoms with van der Waals surface area (Å²) < 4.78 is 0. The van der Waals surface area contributed by atoms with Gasteiger partial charge in [0.15, 0.2) is 5.43 Å². The maximum absolute atomic E-state index is 11.7. The van der Waals surface area contributed by atoms with Crippen molar-refractivity contribution in [3.8, 4) is 0 Å². The number of anilines is 1. The van der Waals surface area contributed by atoms with Crippen molar-refractivity contribution in [1.29, 1.82) is 0 Å². The number of nitrogen functional groups attached to an aromatic ring is 1. The fraction of sp³-hybridized carbons (Fsp3) is 0.364. The third kappa shape index (κ3) is 2.95. The molecule has 0 radical (unpaired) electrons. The molecule has 4 nitrogen and oxygen atoms in total. The zero-order valence-electron chi connectivity index (χ0n) is 9.08. The number of rotatable bonds is 3. The van der Waals surface area contributed by atoms with Crippen molar-refractivity contribution in [1.82, 2.24) is 4.98 Å². The van der Waals surface area contributed by atoms with E-state index in [0.717, 1.165) is 6.42 Å². The van der Waals surface area contributed by atoms with Crippen molar-refractivity contribution in [2.75, 3.05) is 5.73 Å². The van der Waals surface area contributed by atoms with E-state index in [9.17, 15) is 4.79 Å². The summed E-state index contributed by atoms with van der Waals surface area (Å²) in [5, 5.41) is 0. The molecular weight excluding hydrogens is 190 g/mol. The topological polar surface area (TPSA) is 84.9 Å². The number of nitrogens with one attached hydrogen (secondary N) is 1. The lowest BCUT2D eigenvalue weighted by Gasteiger charge is -2.01. The monoisotopic (exact) mass is 207 g/mol. The highest BCUT2D eigenvalue weighted by molar-refractivity contribution is 5.52. The average Bonchev–Trinajstić information content (AvgIpc) is 2.18. The lowest BCUT2D eigenvalue weighted by Crippen LogP contribution is -2.14. The molecule has 4 heteroatoms. The van der Waals surface area contributed by atoms with Gasteiger partial charge in [-0.3, -0.25) is 4.79 Å². The van der Waals surface area contributed by atoms with Crippen molar-refractivity contribution >= 4 is 11.9 Å². The Bertz CT molecular complexity index is 418. The molecule has 0 amide bonds. The zero-order chi connectivity index (χ0) is 11.4. The first-order valence-corrected chi connectivity index (χ1v) is 4.92. The van der Waals surface area contributed by atoms with Gasteiger partial charge in [0.1, 0.15) is 5.82 Å². The Morgan fingerprint density at radius 1 is 1.60 bits per heavy atom. The highest BCUT2D eigenvalue weighted by atomic mass is 16.1. The molecule has 0 aromatic carbocycles. The van der Waals surface area contributed by atoms with Gasteiger partial charge in [-0.1, -0.05) is 12.2 Å². The van der Waals surface area contributed by atoms with E-state index >= 15 is 0 Å². The first-order valence-electron chi connectivity index (χ1n) is 4.92. The molecular formula is C11H17N3O. The number of nitrogens with two attached hydrogens (primary N) is 2. The number of H-pyrrole nitrogens is 1. The van der Waals surface area contributed by atoms with Crippen molar-refractivity contribution < 1.29 is 0 Å². The minimum absolute atomic E-state index is 0.0350. The van der Waals surface area contributed by atoms with Crippen LogP contribution in [-0.4, -0.2) is 11.0 Å². The number of hydrogen-bond donors (Lipinski definition) is 3. The molecule has 0 bridgehead atoms. The van der Waals surface area contributed by atoms with Crippen LogP contribution in [0.5, 0.6) is 0 Å². The molecule has 0 fully saturated rings. The van der Waals surface area contributed by atoms with Gasteiger partial charge in [-0.2, -0.15) is 0 Å². The van der Waals surface area contributed by atoms with Crippen molar-refractivity contribution in [2.45, 2.75) is 26.3 Å². The van der Waals surface area contributed by atoms with Gasteiger partial charge in [-0.05, 0) is 20.3 Å². The minimum Gasteiger partial charge on any atom is -0.385 e. The Morgan fingerprint density at radius 2 is 2.27 bits per heavy atom. The molecule has 0 aliphatic heterocycles. The second kappa shape index (κ2) is 4.79. The molecule has 1 atom stereocenters. The van der Waals surface area contributed by atoms with Gasteiger partial charge < -0.3 is 16.5 Å². The normalized spacial score (nSPS) is 13.3. The van der Waals surface area contributed by atoms with Crippen LogP contribution in [0.15, 0.2) is 17.1 Å². The Labute approximate surface area is 89.0 Å². The fourth-order valence-electron chi connectivity index (χ4n) is 1.20. The Balaban J connectivity index is 2.93. The lowest BCUT2D eigenvalue weighted by molar-refractivity contribution is 0.759. The molecule has 82 valence electrons. The standard InChI is InChI=1S/C11H17N3O/c1-7(12)4-3-5-9-6-14-11(13)8(2)10(9)15/h3,5-7H,4,12H2,1-2H3,(H3,13,14,15). The summed E-state index contributed by atoms with van der Waals surface area (Å²) in [5.41, 5.74) is 12.3. The van der Waals surface area contributed by atoms with E-state index in [4.69, 9.17) is 11.5 Å². The average molecular weight is 207 g/mol. The number of hydrogen-bond acceptors (Lipinski definition) is 3. The maximum atomic E-state index is 11.7. The van der Waals surface area contributed by atoms with E-state index in [1.54, 1.807) is 19.2 Å². The number of pyridine rings is 1. The van der Waals surface area contributed by atoms with Crippen molar-refractivity contribution in [3.63, 3.8) is 0 Å². The van der Waals surface area contributed by atoms with Crippen LogP contribution >= 0.6 is 0 Å². The van der Waals surface area contributed by atoms with Crippen molar-refractivity contribution in [2.24, 2.45) is 5.73 Å². The van der Waals surface area contributed by atoms with Crippen molar-refractivity contribution in [3.05, 3.63) is 33.6 Å². The molecule has 15 heavy (non-hydrogen) atoms. The second-order valence-corrected chi connectivity index (χ2v) is 3.73. The SMILES string of the molecule is Cc1c(N)[nH]cc(C=CCC(C)N)c1=O. The molecule has 0 aliphatic rings. The van der Waals surface area contributed by atoms with Gasteiger partial charge in [0.25, 0.3) is 0 Å². The molecule has 0 saturated carbocycles. The van der Waals surface area contributed by atoms with Crippen LogP contribution in [0.25, 0.3) is 6.08 Å². The summed E-state index contributed by atoms with van der Waals surface area (Å²) in [7, 11) is 0. The summed E-state index contributed by atoms with van der Waals surface area (Å²) in [4.78, 5) is 14.5. The van der Waals surface area contributed by atoms with Crippen LogP contribution in [-0.2, 0) is 0 Å². The van der Waals surface area contributed by atoms with Crippen LogP contribution < -0.4 is 16.9 Å². The van der Waals surface area contributed by atoms with E-state index in [-0.39, 0.29) is 11.5 Å². The van der Waals surface area contributed by atoms with Crippen LogP contribution in [0, 0.1) is 6.92 Å². The highest BCUT2D eigenvalue weighted by Gasteiger charge is 2.02. The van der Waals surface area contributed by atoms with E-state index < -0.39 is 0 Å². The Morgan fingerprint density at radius 3 is 2.87 bits per heavy atom. The van der Waals surface area contributed by atoms with E-state index in [2.05, 4.69) is 4.98 Å². The first-order chi connectivity index (χ1) is 7.02. The molecule has 0 spiro atoms. The van der Waals surface area contributed by atoms with Gasteiger partial charge in [-0.15, -0.1) is 0 Å². The molecule has 1 unspecified atom stereocenters. The molecule has 1 aromatic rings. The summed E-state index contributed by atoms with van der Waals surface area (Å²) in [6.07, 6.45) is 6.03. The van der Waals surface area contributed by atoms with E-state index in [0.29, 0.717) is 16.9 Å². The number of aromatic nitrogens is 1. The quantitative estimate of drug-likeness (QED) is 0.691. The Kier molecular flexibility index (Phi) is 3.68. The first kappa shape index (κ1) is 11.5. The molecule has 1 heterocycles. The lowest BCUT2D eigenvalue weighted by atomic mass is 10.1. The molecule has 1 rings (SSSR count).